The number of carboxylic acid groups (broad SMARTS) is 1. The van der Waals surface area contributed by atoms with Gasteiger partial charge in [0, 0.05) is 17.6 Å². The number of para-hydroxylation sites is 1. The first-order valence-electron chi connectivity index (χ1n) is 6.13. The van der Waals surface area contributed by atoms with E-state index >= 15 is 0 Å². The number of rotatable bonds is 4. The van der Waals surface area contributed by atoms with Crippen molar-refractivity contribution in [3.63, 3.8) is 0 Å². The summed E-state index contributed by atoms with van der Waals surface area (Å²) in [4.78, 5) is 14.7. The fourth-order valence-corrected chi connectivity index (χ4v) is 1.90. The van der Waals surface area contributed by atoms with Gasteiger partial charge in [-0.3, -0.25) is 0 Å². The van der Waals surface area contributed by atoms with E-state index in [1.165, 1.54) is 17.8 Å². The monoisotopic (exact) mass is 256 g/mol. The Kier molecular flexibility index (Phi) is 3.80. The van der Waals surface area contributed by atoms with E-state index in [2.05, 4.69) is 30.2 Å². The molecule has 0 aliphatic rings. The molecule has 0 unspecified atom stereocenters. The zero-order chi connectivity index (χ0) is 13.8. The Labute approximate surface area is 112 Å². The number of benzene rings is 1. The smallest absolute Gasteiger partial charge is 0.354 e. The molecule has 98 valence electrons. The van der Waals surface area contributed by atoms with Gasteiger partial charge in [0.15, 0.2) is 0 Å². The summed E-state index contributed by atoms with van der Waals surface area (Å²) >= 11 is 0. The first-order valence-corrected chi connectivity index (χ1v) is 6.13. The molecule has 0 saturated carbocycles. The van der Waals surface area contributed by atoms with Gasteiger partial charge in [0.05, 0.1) is 0 Å². The lowest BCUT2D eigenvalue weighted by Crippen LogP contribution is -2.02. The minimum Gasteiger partial charge on any atom is -0.477 e. The molecule has 19 heavy (non-hydrogen) atoms. The summed E-state index contributed by atoms with van der Waals surface area (Å²) in [6.45, 7) is 4.24. The van der Waals surface area contributed by atoms with Gasteiger partial charge in [0.1, 0.15) is 5.69 Å². The highest BCUT2D eigenvalue weighted by molar-refractivity contribution is 5.86. The van der Waals surface area contributed by atoms with Gasteiger partial charge in [-0.1, -0.05) is 32.0 Å². The van der Waals surface area contributed by atoms with E-state index in [-0.39, 0.29) is 5.69 Å². The molecule has 2 N–H and O–H groups in total. The van der Waals surface area contributed by atoms with Gasteiger partial charge in [-0.15, -0.1) is 0 Å². The van der Waals surface area contributed by atoms with Crippen LogP contribution in [0, 0.1) is 0 Å². The Hall–Kier alpha value is -2.36. The molecule has 0 radical (unpaired) electrons. The van der Waals surface area contributed by atoms with Gasteiger partial charge >= 0.3 is 5.97 Å². The topological polar surface area (TPSA) is 62.2 Å². The van der Waals surface area contributed by atoms with Crippen molar-refractivity contribution >= 4 is 17.3 Å². The van der Waals surface area contributed by atoms with Crippen LogP contribution in [0.2, 0.25) is 0 Å². The zero-order valence-corrected chi connectivity index (χ0v) is 10.9. The molecular formula is C15H16N2O2. The standard InChI is InChI=1S/C15H16N2O2/c1-10(2)12-5-3-4-6-13(12)17-11-7-8-16-14(9-11)15(18)19/h3-10H,1-2H3,(H,16,17)(H,18,19). The molecule has 0 aliphatic carbocycles. The summed E-state index contributed by atoms with van der Waals surface area (Å²) < 4.78 is 0. The number of pyridine rings is 1. The number of nitrogens with one attached hydrogen (secondary N) is 1. The highest BCUT2D eigenvalue weighted by Gasteiger charge is 2.08. The Morgan fingerprint density at radius 1 is 1.26 bits per heavy atom. The molecule has 2 aromatic rings. The lowest BCUT2D eigenvalue weighted by atomic mass is 10.0. The summed E-state index contributed by atoms with van der Waals surface area (Å²) in [7, 11) is 0. The van der Waals surface area contributed by atoms with Crippen LogP contribution in [0.15, 0.2) is 42.6 Å². The fraction of sp³-hybridized carbons (Fsp3) is 0.200. The number of aromatic nitrogens is 1. The molecule has 1 heterocycles. The van der Waals surface area contributed by atoms with Crippen LogP contribution in [-0.2, 0) is 0 Å². The van der Waals surface area contributed by atoms with Crippen molar-refractivity contribution in [2.45, 2.75) is 19.8 Å². The molecule has 4 heteroatoms. The predicted molar refractivity (Wildman–Crippen MR) is 75.0 cm³/mol. The van der Waals surface area contributed by atoms with Crippen molar-refractivity contribution < 1.29 is 9.90 Å². The maximum atomic E-state index is 10.9. The third-order valence-corrected chi connectivity index (χ3v) is 2.84. The number of anilines is 2. The van der Waals surface area contributed by atoms with Crippen LogP contribution in [0.25, 0.3) is 0 Å². The molecule has 0 fully saturated rings. The number of carbonyl (C=O) groups is 1. The quantitative estimate of drug-likeness (QED) is 0.876. The van der Waals surface area contributed by atoms with Crippen molar-refractivity contribution in [3.05, 3.63) is 53.9 Å². The Balaban J connectivity index is 2.31. The third-order valence-electron chi connectivity index (χ3n) is 2.84. The minimum absolute atomic E-state index is 0.0343. The Bertz CT molecular complexity index is 594. The van der Waals surface area contributed by atoms with E-state index in [0.29, 0.717) is 5.92 Å². The van der Waals surface area contributed by atoms with Gasteiger partial charge in [-0.05, 0) is 29.7 Å². The Morgan fingerprint density at radius 3 is 2.68 bits per heavy atom. The summed E-state index contributed by atoms with van der Waals surface area (Å²) in [5.41, 5.74) is 2.93. The zero-order valence-electron chi connectivity index (χ0n) is 10.9. The minimum atomic E-state index is -1.03. The summed E-state index contributed by atoms with van der Waals surface area (Å²) in [5.74, 6) is -0.634. The summed E-state index contributed by atoms with van der Waals surface area (Å²) in [6, 6.07) is 11.3. The van der Waals surface area contributed by atoms with E-state index in [9.17, 15) is 4.79 Å². The third kappa shape index (κ3) is 3.10. The van der Waals surface area contributed by atoms with Gasteiger partial charge < -0.3 is 10.4 Å². The SMILES string of the molecule is CC(C)c1ccccc1Nc1ccnc(C(=O)O)c1. The summed E-state index contributed by atoms with van der Waals surface area (Å²) in [6.07, 6.45) is 1.49. The first kappa shape index (κ1) is 13.1. The number of carboxylic acids is 1. The molecule has 4 nitrogen and oxygen atoms in total. The molecule has 0 atom stereocenters. The molecule has 1 aromatic carbocycles. The van der Waals surface area contributed by atoms with Crippen LogP contribution in [0.1, 0.15) is 35.8 Å². The van der Waals surface area contributed by atoms with Crippen LogP contribution in [0.4, 0.5) is 11.4 Å². The van der Waals surface area contributed by atoms with Gasteiger partial charge in [0.2, 0.25) is 0 Å². The van der Waals surface area contributed by atoms with Crippen LogP contribution in [0.3, 0.4) is 0 Å². The number of hydrogen-bond donors (Lipinski definition) is 2. The van der Waals surface area contributed by atoms with Crippen LogP contribution in [0.5, 0.6) is 0 Å². The number of nitrogens with zero attached hydrogens (tertiary/aromatic N) is 1. The second-order valence-electron chi connectivity index (χ2n) is 4.60. The van der Waals surface area contributed by atoms with Gasteiger partial charge in [0.25, 0.3) is 0 Å². The maximum Gasteiger partial charge on any atom is 0.354 e. The fourth-order valence-electron chi connectivity index (χ4n) is 1.90. The van der Waals surface area contributed by atoms with E-state index in [1.807, 2.05) is 18.2 Å². The van der Waals surface area contributed by atoms with Crippen molar-refractivity contribution in [3.8, 4) is 0 Å². The van der Waals surface area contributed by atoms with Crippen LogP contribution >= 0.6 is 0 Å². The lowest BCUT2D eigenvalue weighted by molar-refractivity contribution is 0.0690. The molecule has 0 aliphatic heterocycles. The highest BCUT2D eigenvalue weighted by atomic mass is 16.4. The van der Waals surface area contributed by atoms with E-state index in [0.717, 1.165) is 11.4 Å². The highest BCUT2D eigenvalue weighted by Crippen LogP contribution is 2.26. The second kappa shape index (κ2) is 5.52. The largest absolute Gasteiger partial charge is 0.477 e. The lowest BCUT2D eigenvalue weighted by Gasteiger charge is -2.14. The van der Waals surface area contributed by atoms with Crippen molar-refractivity contribution in [2.75, 3.05) is 5.32 Å². The van der Waals surface area contributed by atoms with Gasteiger partial charge in [-0.25, -0.2) is 9.78 Å². The molecule has 0 saturated heterocycles. The Morgan fingerprint density at radius 2 is 2.00 bits per heavy atom. The van der Waals surface area contributed by atoms with Crippen molar-refractivity contribution in [1.29, 1.82) is 0 Å². The van der Waals surface area contributed by atoms with E-state index in [4.69, 9.17) is 5.11 Å². The van der Waals surface area contributed by atoms with Crippen LogP contribution < -0.4 is 5.32 Å². The van der Waals surface area contributed by atoms with Crippen molar-refractivity contribution in [2.24, 2.45) is 0 Å². The van der Waals surface area contributed by atoms with Gasteiger partial charge in [-0.2, -0.15) is 0 Å². The number of hydrogen-bond acceptors (Lipinski definition) is 3. The molecule has 0 amide bonds. The second-order valence-corrected chi connectivity index (χ2v) is 4.60. The van der Waals surface area contributed by atoms with Crippen LogP contribution in [-0.4, -0.2) is 16.1 Å². The molecule has 1 aromatic heterocycles. The molecule has 0 spiro atoms. The normalized spacial score (nSPS) is 10.5. The number of aromatic carboxylic acids is 1. The maximum absolute atomic E-state index is 10.9. The molecule has 2 rings (SSSR count). The van der Waals surface area contributed by atoms with E-state index < -0.39 is 5.97 Å². The molecular weight excluding hydrogens is 240 g/mol. The first-order chi connectivity index (χ1) is 9.08. The van der Waals surface area contributed by atoms with Crippen molar-refractivity contribution in [1.82, 2.24) is 4.98 Å². The van der Waals surface area contributed by atoms with E-state index in [1.54, 1.807) is 6.07 Å². The predicted octanol–water partition coefficient (Wildman–Crippen LogP) is 3.65. The average Bonchev–Trinajstić information content (AvgIpc) is 2.39. The average molecular weight is 256 g/mol. The molecule has 0 bridgehead atoms. The summed E-state index contributed by atoms with van der Waals surface area (Å²) in [5, 5.41) is 12.2.